The molecule has 158 valence electrons. The van der Waals surface area contributed by atoms with Crippen LogP contribution in [0.1, 0.15) is 47.6 Å². The minimum absolute atomic E-state index is 0.108. The van der Waals surface area contributed by atoms with E-state index in [0.29, 0.717) is 6.42 Å². The Kier molecular flexibility index (Phi) is 5.56. The molecule has 4 heteroatoms. The first-order chi connectivity index (χ1) is 15.2. The molecule has 1 N–H and O–H groups in total. The van der Waals surface area contributed by atoms with Gasteiger partial charge in [0.25, 0.3) is 0 Å². The molecular formula is C27H29N3O. The maximum absolute atomic E-state index is 12.8. The van der Waals surface area contributed by atoms with E-state index in [1.807, 2.05) is 48.8 Å². The maximum Gasteiger partial charge on any atom is 0.224 e. The van der Waals surface area contributed by atoms with E-state index in [1.165, 1.54) is 16.7 Å². The summed E-state index contributed by atoms with van der Waals surface area (Å²) in [5.41, 5.74) is 5.26. The number of likely N-dealkylation sites (tertiary alicyclic amines) is 1. The highest BCUT2D eigenvalue weighted by atomic mass is 16.1. The molecule has 1 atom stereocenters. The van der Waals surface area contributed by atoms with Gasteiger partial charge in [-0.05, 0) is 60.7 Å². The Morgan fingerprint density at radius 3 is 2.48 bits per heavy atom. The van der Waals surface area contributed by atoms with Gasteiger partial charge in [0.1, 0.15) is 0 Å². The van der Waals surface area contributed by atoms with Crippen molar-refractivity contribution in [3.05, 3.63) is 101 Å². The second kappa shape index (κ2) is 8.64. The molecule has 1 aliphatic carbocycles. The van der Waals surface area contributed by atoms with Crippen LogP contribution in [-0.2, 0) is 23.2 Å². The van der Waals surface area contributed by atoms with E-state index in [-0.39, 0.29) is 17.4 Å². The number of hydrogen-bond donors (Lipinski definition) is 1. The molecule has 5 rings (SSSR count). The molecule has 0 bridgehead atoms. The zero-order chi connectivity index (χ0) is 21.1. The molecule has 0 unspecified atom stereocenters. The second-order valence-electron chi connectivity index (χ2n) is 8.99. The Hall–Kier alpha value is -2.98. The molecule has 1 amide bonds. The summed E-state index contributed by atoms with van der Waals surface area (Å²) in [6, 6.07) is 23.0. The highest BCUT2D eigenvalue weighted by molar-refractivity contribution is 5.79. The Morgan fingerprint density at radius 2 is 1.71 bits per heavy atom. The molecule has 1 fully saturated rings. The van der Waals surface area contributed by atoms with Gasteiger partial charge in [-0.15, -0.1) is 0 Å². The van der Waals surface area contributed by atoms with Gasteiger partial charge in [0, 0.05) is 24.4 Å². The van der Waals surface area contributed by atoms with E-state index in [1.54, 1.807) is 0 Å². The minimum Gasteiger partial charge on any atom is -0.349 e. The summed E-state index contributed by atoms with van der Waals surface area (Å²) in [6.07, 6.45) is 7.51. The lowest BCUT2D eigenvalue weighted by Gasteiger charge is -2.40. The number of carbonyl (C=O) groups excluding carboxylic acids is 1. The first-order valence-corrected chi connectivity index (χ1v) is 11.3. The lowest BCUT2D eigenvalue weighted by atomic mass is 9.73. The van der Waals surface area contributed by atoms with E-state index < -0.39 is 0 Å². The van der Waals surface area contributed by atoms with Gasteiger partial charge < -0.3 is 5.32 Å². The van der Waals surface area contributed by atoms with Crippen molar-refractivity contribution in [1.29, 1.82) is 0 Å². The molecule has 31 heavy (non-hydrogen) atoms. The molecule has 3 aromatic rings. The molecule has 1 spiro atoms. The highest BCUT2D eigenvalue weighted by Gasteiger charge is 2.45. The van der Waals surface area contributed by atoms with E-state index >= 15 is 0 Å². The molecule has 2 heterocycles. The molecule has 1 aromatic heterocycles. The summed E-state index contributed by atoms with van der Waals surface area (Å²) in [5, 5.41) is 3.35. The van der Waals surface area contributed by atoms with Crippen LogP contribution in [0.4, 0.5) is 0 Å². The molecule has 2 aliphatic rings. The Labute approximate surface area is 184 Å². The van der Waals surface area contributed by atoms with Crippen molar-refractivity contribution in [1.82, 2.24) is 15.2 Å². The van der Waals surface area contributed by atoms with Gasteiger partial charge in [-0.1, -0.05) is 60.7 Å². The van der Waals surface area contributed by atoms with Crippen LogP contribution in [0.3, 0.4) is 0 Å². The number of rotatable bonds is 5. The number of aromatic nitrogens is 1. The minimum atomic E-state index is 0.108. The Bertz CT molecular complexity index is 1030. The summed E-state index contributed by atoms with van der Waals surface area (Å²) in [7, 11) is 0. The average Bonchev–Trinajstić information content (AvgIpc) is 3.10. The smallest absolute Gasteiger partial charge is 0.224 e. The predicted molar refractivity (Wildman–Crippen MR) is 123 cm³/mol. The van der Waals surface area contributed by atoms with Crippen LogP contribution < -0.4 is 5.32 Å². The van der Waals surface area contributed by atoms with E-state index in [4.69, 9.17) is 0 Å². The first-order valence-electron chi connectivity index (χ1n) is 11.3. The van der Waals surface area contributed by atoms with Gasteiger partial charge in [0.05, 0.1) is 12.5 Å². The third kappa shape index (κ3) is 4.26. The molecule has 1 saturated heterocycles. The van der Waals surface area contributed by atoms with Crippen molar-refractivity contribution in [3.63, 3.8) is 0 Å². The number of piperidine rings is 1. The standard InChI is InChI=1S/C27H29N3O/c31-26(17-21-7-2-1-3-8-21)29-25-18-27(24-11-5-4-10-23(24)25)12-15-30(16-13-27)20-22-9-6-14-28-19-22/h1-11,14,19,25H,12-13,15-18,20H2,(H,29,31)/t25-/m0/s1. The number of benzene rings is 2. The van der Waals surface area contributed by atoms with Crippen molar-refractivity contribution >= 4 is 5.91 Å². The molecule has 0 saturated carbocycles. The van der Waals surface area contributed by atoms with Crippen LogP contribution in [0.25, 0.3) is 0 Å². The third-order valence-corrected chi connectivity index (χ3v) is 6.99. The van der Waals surface area contributed by atoms with Crippen LogP contribution in [0.2, 0.25) is 0 Å². The summed E-state index contributed by atoms with van der Waals surface area (Å²) < 4.78 is 0. The van der Waals surface area contributed by atoms with Crippen LogP contribution in [-0.4, -0.2) is 28.9 Å². The predicted octanol–water partition coefficient (Wildman–Crippen LogP) is 4.42. The number of carbonyl (C=O) groups is 1. The number of amides is 1. The normalized spacial score (nSPS) is 19.8. The zero-order valence-corrected chi connectivity index (χ0v) is 17.8. The lowest BCUT2D eigenvalue weighted by Crippen LogP contribution is -2.41. The quantitative estimate of drug-likeness (QED) is 0.676. The van der Waals surface area contributed by atoms with Crippen LogP contribution >= 0.6 is 0 Å². The van der Waals surface area contributed by atoms with Crippen molar-refractivity contribution in [3.8, 4) is 0 Å². The SMILES string of the molecule is O=C(Cc1ccccc1)N[C@H]1CC2(CCN(Cc3cccnc3)CC2)c2ccccc21. The number of hydrogen-bond acceptors (Lipinski definition) is 3. The summed E-state index contributed by atoms with van der Waals surface area (Å²) in [4.78, 5) is 19.6. The van der Waals surface area contributed by atoms with Crippen molar-refractivity contribution in [2.24, 2.45) is 0 Å². The summed E-state index contributed by atoms with van der Waals surface area (Å²) >= 11 is 0. The second-order valence-corrected chi connectivity index (χ2v) is 8.99. The fraction of sp³-hybridized carbons (Fsp3) is 0.333. The van der Waals surface area contributed by atoms with Gasteiger partial charge in [-0.2, -0.15) is 0 Å². The zero-order valence-electron chi connectivity index (χ0n) is 17.8. The number of nitrogens with one attached hydrogen (secondary N) is 1. The molecule has 1 aliphatic heterocycles. The average molecular weight is 412 g/mol. The molecule has 2 aromatic carbocycles. The maximum atomic E-state index is 12.8. The third-order valence-electron chi connectivity index (χ3n) is 6.99. The summed E-state index contributed by atoms with van der Waals surface area (Å²) in [5.74, 6) is 0.108. The highest BCUT2D eigenvalue weighted by Crippen LogP contribution is 2.50. The first kappa shape index (κ1) is 20.0. The number of fused-ring (bicyclic) bond motifs is 2. The fourth-order valence-corrected chi connectivity index (χ4v) is 5.41. The van der Waals surface area contributed by atoms with Crippen LogP contribution in [0, 0.1) is 0 Å². The molecule has 0 radical (unpaired) electrons. The van der Waals surface area contributed by atoms with Gasteiger partial charge in [0.2, 0.25) is 5.91 Å². The number of nitrogens with zero attached hydrogens (tertiary/aromatic N) is 2. The van der Waals surface area contributed by atoms with Crippen molar-refractivity contribution in [2.75, 3.05) is 13.1 Å². The monoisotopic (exact) mass is 411 g/mol. The van der Waals surface area contributed by atoms with Crippen LogP contribution in [0.5, 0.6) is 0 Å². The Morgan fingerprint density at radius 1 is 0.968 bits per heavy atom. The molecular weight excluding hydrogens is 382 g/mol. The van der Waals surface area contributed by atoms with Gasteiger partial charge in [-0.25, -0.2) is 0 Å². The lowest BCUT2D eigenvalue weighted by molar-refractivity contribution is -0.121. The number of pyridine rings is 1. The topological polar surface area (TPSA) is 45.2 Å². The summed E-state index contributed by atoms with van der Waals surface area (Å²) in [6.45, 7) is 3.12. The Balaban J connectivity index is 1.27. The van der Waals surface area contributed by atoms with E-state index in [2.05, 4.69) is 45.5 Å². The van der Waals surface area contributed by atoms with E-state index in [0.717, 1.165) is 44.5 Å². The van der Waals surface area contributed by atoms with Crippen molar-refractivity contribution < 1.29 is 4.79 Å². The fourth-order valence-electron chi connectivity index (χ4n) is 5.41. The molecule has 4 nitrogen and oxygen atoms in total. The van der Waals surface area contributed by atoms with Crippen LogP contribution in [0.15, 0.2) is 79.1 Å². The van der Waals surface area contributed by atoms with E-state index in [9.17, 15) is 4.79 Å². The van der Waals surface area contributed by atoms with Gasteiger partial charge in [0.15, 0.2) is 0 Å². The van der Waals surface area contributed by atoms with Crippen molar-refractivity contribution in [2.45, 2.75) is 43.7 Å². The largest absolute Gasteiger partial charge is 0.349 e. The van der Waals surface area contributed by atoms with Gasteiger partial charge in [-0.3, -0.25) is 14.7 Å². The van der Waals surface area contributed by atoms with Gasteiger partial charge >= 0.3 is 0 Å².